The van der Waals surface area contributed by atoms with Gasteiger partial charge in [0.25, 0.3) is 0 Å². The van der Waals surface area contributed by atoms with Gasteiger partial charge in [0.15, 0.2) is 0 Å². The van der Waals surface area contributed by atoms with Gasteiger partial charge in [-0.15, -0.1) is 0 Å². The second kappa shape index (κ2) is 14.5. The smallest absolute Gasteiger partial charge is 0.143 e. The minimum absolute atomic E-state index is 0.00505. The number of ether oxygens (including phenoxy) is 3. The molecule has 0 saturated heterocycles. The molecule has 0 unspecified atom stereocenters. The van der Waals surface area contributed by atoms with Crippen molar-refractivity contribution in [2.45, 2.75) is 71.3 Å². The average Bonchev–Trinajstić information content (AvgIpc) is 2.85. The van der Waals surface area contributed by atoms with Crippen molar-refractivity contribution in [3.8, 4) is 11.5 Å². The molecule has 33 heavy (non-hydrogen) atoms. The van der Waals surface area contributed by atoms with Crippen molar-refractivity contribution < 1.29 is 14.2 Å². The van der Waals surface area contributed by atoms with Crippen molar-refractivity contribution in [3.63, 3.8) is 0 Å². The molecule has 0 aliphatic carbocycles. The van der Waals surface area contributed by atoms with Gasteiger partial charge in [-0.25, -0.2) is 0 Å². The fraction of sp³-hybridized carbons (Fsp3) is 0.483. The molecule has 0 aromatic heterocycles. The molecule has 1 aliphatic rings. The Bertz CT molecular complexity index is 855. The second-order valence-electron chi connectivity index (χ2n) is 8.74. The van der Waals surface area contributed by atoms with Gasteiger partial charge in [-0.2, -0.15) is 0 Å². The lowest BCUT2D eigenvalue weighted by molar-refractivity contribution is 0.0681. The van der Waals surface area contributed by atoms with Crippen LogP contribution < -0.4 is 9.47 Å². The topological polar surface area (TPSA) is 40.0 Å². The van der Waals surface area contributed by atoms with Gasteiger partial charge in [0, 0.05) is 6.21 Å². The summed E-state index contributed by atoms with van der Waals surface area (Å²) >= 11 is 0. The highest BCUT2D eigenvalue weighted by molar-refractivity contribution is 5.82. The fourth-order valence-corrected chi connectivity index (χ4v) is 3.76. The van der Waals surface area contributed by atoms with Crippen LogP contribution in [0, 0.1) is 0 Å². The van der Waals surface area contributed by atoms with Gasteiger partial charge in [-0.1, -0.05) is 57.9 Å². The highest BCUT2D eigenvalue weighted by atomic mass is 16.5. The Morgan fingerprint density at radius 3 is 2.24 bits per heavy atom. The number of hydrogen-bond donors (Lipinski definition) is 0. The predicted molar refractivity (Wildman–Crippen MR) is 137 cm³/mol. The minimum Gasteiger partial charge on any atom is -0.494 e. The number of nitrogens with zero attached hydrogens (tertiary/aromatic N) is 1. The maximum absolute atomic E-state index is 6.02. The molecule has 0 amide bonds. The lowest BCUT2D eigenvalue weighted by Crippen LogP contribution is -2.28. The van der Waals surface area contributed by atoms with Gasteiger partial charge >= 0.3 is 0 Å². The molecular weight excluding hydrogens is 410 g/mol. The van der Waals surface area contributed by atoms with Crippen molar-refractivity contribution in [3.05, 3.63) is 65.7 Å². The summed E-state index contributed by atoms with van der Waals surface area (Å²) in [4.78, 5) is 4.58. The summed E-state index contributed by atoms with van der Waals surface area (Å²) in [6.07, 6.45) is 14.4. The predicted octanol–water partition coefficient (Wildman–Crippen LogP) is 7.68. The van der Waals surface area contributed by atoms with E-state index in [1.807, 2.05) is 54.7 Å². The van der Waals surface area contributed by atoms with Crippen LogP contribution in [0.15, 0.2) is 65.2 Å². The number of aliphatic imine (C=N–C) groups is 1. The van der Waals surface area contributed by atoms with Gasteiger partial charge in [0.05, 0.1) is 25.5 Å². The molecule has 4 nitrogen and oxygen atoms in total. The molecule has 178 valence electrons. The first-order chi connectivity index (χ1) is 16.2. The normalized spacial score (nSPS) is 16.1. The van der Waals surface area contributed by atoms with E-state index in [0.29, 0.717) is 13.2 Å². The first-order valence-corrected chi connectivity index (χ1v) is 12.5. The maximum atomic E-state index is 6.02. The van der Waals surface area contributed by atoms with E-state index >= 15 is 0 Å². The highest BCUT2D eigenvalue weighted by Crippen LogP contribution is 2.21. The van der Waals surface area contributed by atoms with Crippen LogP contribution >= 0.6 is 0 Å². The monoisotopic (exact) mass is 449 g/mol. The van der Waals surface area contributed by atoms with Gasteiger partial charge in [0.1, 0.15) is 17.6 Å². The van der Waals surface area contributed by atoms with Crippen molar-refractivity contribution in [2.75, 3.05) is 19.8 Å². The highest BCUT2D eigenvalue weighted by Gasteiger charge is 2.16. The van der Waals surface area contributed by atoms with Crippen molar-refractivity contribution >= 4 is 11.9 Å². The van der Waals surface area contributed by atoms with E-state index in [0.717, 1.165) is 35.8 Å². The van der Waals surface area contributed by atoms with Crippen LogP contribution in [0.25, 0.3) is 0 Å². The third-order valence-electron chi connectivity index (χ3n) is 5.92. The molecule has 1 aliphatic heterocycles. The van der Waals surface area contributed by atoms with Crippen LogP contribution in [-0.4, -0.2) is 32.1 Å². The Balaban J connectivity index is 1.35. The molecule has 0 bridgehead atoms. The van der Waals surface area contributed by atoms with Crippen LogP contribution in [-0.2, 0) is 4.74 Å². The average molecular weight is 450 g/mol. The molecule has 0 spiro atoms. The van der Waals surface area contributed by atoms with E-state index in [-0.39, 0.29) is 6.10 Å². The van der Waals surface area contributed by atoms with E-state index in [1.165, 1.54) is 50.5 Å². The van der Waals surface area contributed by atoms with Gasteiger partial charge in [0.2, 0.25) is 0 Å². The molecule has 3 rings (SSSR count). The summed E-state index contributed by atoms with van der Waals surface area (Å²) in [5.41, 5.74) is 3.16. The first kappa shape index (κ1) is 25.0. The van der Waals surface area contributed by atoms with E-state index in [9.17, 15) is 0 Å². The van der Waals surface area contributed by atoms with Crippen molar-refractivity contribution in [1.82, 2.24) is 0 Å². The summed E-state index contributed by atoms with van der Waals surface area (Å²) in [5, 5.41) is 0. The third-order valence-corrected chi connectivity index (χ3v) is 5.92. The van der Waals surface area contributed by atoms with Crippen LogP contribution in [0.5, 0.6) is 11.5 Å². The molecule has 2 aromatic carbocycles. The fourth-order valence-electron chi connectivity index (χ4n) is 3.76. The molecule has 0 fully saturated rings. The van der Waals surface area contributed by atoms with Crippen molar-refractivity contribution in [1.29, 1.82) is 0 Å². The molecule has 0 radical (unpaired) electrons. The molecule has 0 N–H and O–H groups in total. The Morgan fingerprint density at radius 1 is 0.879 bits per heavy atom. The van der Waals surface area contributed by atoms with Crippen LogP contribution in [0.1, 0.15) is 70.8 Å². The summed E-state index contributed by atoms with van der Waals surface area (Å²) < 4.78 is 17.4. The minimum atomic E-state index is -0.00505. The molecular formula is C29H39NO3. The van der Waals surface area contributed by atoms with Gasteiger partial charge in [-0.05, 0) is 73.0 Å². The van der Waals surface area contributed by atoms with Gasteiger partial charge in [-0.3, -0.25) is 4.99 Å². The van der Waals surface area contributed by atoms with Gasteiger partial charge < -0.3 is 14.2 Å². The quantitative estimate of drug-likeness (QED) is 0.169. The SMILES string of the molecule is CCCCCCCCCCOc1ccc(N=Cc2ccc(O[C@H]3COCC=C3C)cc2)cc1. The van der Waals surface area contributed by atoms with Crippen molar-refractivity contribution in [2.24, 2.45) is 4.99 Å². The number of unbranched alkanes of at least 4 members (excludes halogenated alkanes) is 7. The first-order valence-electron chi connectivity index (χ1n) is 12.5. The Hall–Kier alpha value is -2.59. The lowest BCUT2D eigenvalue weighted by Gasteiger charge is -2.23. The standard InChI is InChI=1S/C29H39NO3/c1-3-4-5-6-7-8-9-10-20-32-27-17-13-26(14-18-27)30-22-25-11-15-28(16-12-25)33-29-23-31-21-19-24(29)2/h11-19,22,29H,3-10,20-21,23H2,1-2H3/t29-/m0/s1. The van der Waals surface area contributed by atoms with E-state index in [4.69, 9.17) is 14.2 Å². The Morgan fingerprint density at radius 2 is 1.55 bits per heavy atom. The van der Waals surface area contributed by atoms with Crippen LogP contribution in [0.3, 0.4) is 0 Å². The Labute approximate surface area is 199 Å². The maximum Gasteiger partial charge on any atom is 0.143 e. The van der Waals surface area contributed by atoms with Crippen LogP contribution in [0.4, 0.5) is 5.69 Å². The largest absolute Gasteiger partial charge is 0.494 e. The molecule has 1 atom stereocenters. The summed E-state index contributed by atoms with van der Waals surface area (Å²) in [6, 6.07) is 16.0. The number of rotatable bonds is 14. The molecule has 4 heteroatoms. The van der Waals surface area contributed by atoms with E-state index in [1.54, 1.807) is 0 Å². The Kier molecular flexibility index (Phi) is 11.0. The number of benzene rings is 2. The molecule has 0 saturated carbocycles. The molecule has 1 heterocycles. The summed E-state index contributed by atoms with van der Waals surface area (Å²) in [7, 11) is 0. The summed E-state index contributed by atoms with van der Waals surface area (Å²) in [5.74, 6) is 1.75. The lowest BCUT2D eigenvalue weighted by atomic mass is 10.1. The zero-order valence-corrected chi connectivity index (χ0v) is 20.3. The zero-order valence-electron chi connectivity index (χ0n) is 20.3. The molecule has 2 aromatic rings. The second-order valence-corrected chi connectivity index (χ2v) is 8.74. The zero-order chi connectivity index (χ0) is 23.1. The van der Waals surface area contributed by atoms with E-state index in [2.05, 4.69) is 24.9 Å². The summed E-state index contributed by atoms with van der Waals surface area (Å²) in [6.45, 7) is 6.41. The van der Waals surface area contributed by atoms with Crippen LogP contribution in [0.2, 0.25) is 0 Å². The third kappa shape index (κ3) is 9.43. The van der Waals surface area contributed by atoms with E-state index < -0.39 is 0 Å². The number of hydrogen-bond acceptors (Lipinski definition) is 4.